The van der Waals surface area contributed by atoms with E-state index in [0.717, 1.165) is 18.2 Å². The Morgan fingerprint density at radius 2 is 1.61 bits per heavy atom. The lowest BCUT2D eigenvalue weighted by Crippen LogP contribution is -2.27. The van der Waals surface area contributed by atoms with Gasteiger partial charge in [0.1, 0.15) is 5.82 Å². The van der Waals surface area contributed by atoms with E-state index in [2.05, 4.69) is 4.72 Å². The molecule has 28 heavy (non-hydrogen) atoms. The zero-order valence-electron chi connectivity index (χ0n) is 14.4. The second kappa shape index (κ2) is 7.76. The smallest absolute Gasteiger partial charge is 0.346 e. The van der Waals surface area contributed by atoms with Crippen LogP contribution in [0.4, 0.5) is 17.6 Å². The molecule has 1 N–H and O–H groups in total. The first-order valence-corrected chi connectivity index (χ1v) is 9.70. The monoisotopic (exact) mass is 412 g/mol. The Kier molecular flexibility index (Phi) is 5.57. The first-order chi connectivity index (χ1) is 13.2. The average Bonchev–Trinajstić information content (AvgIpc) is 3.08. The maximum atomic E-state index is 13.8. The van der Waals surface area contributed by atoms with E-state index >= 15 is 0 Å². The van der Waals surface area contributed by atoms with E-state index in [9.17, 15) is 26.0 Å². The number of sulfonamides is 1. The number of nitrogens with one attached hydrogen (secondary N) is 1. The van der Waals surface area contributed by atoms with Crippen molar-refractivity contribution in [2.24, 2.45) is 0 Å². The van der Waals surface area contributed by atoms with Crippen LogP contribution in [0.25, 0.3) is 0 Å². The van der Waals surface area contributed by atoms with Gasteiger partial charge in [0.2, 0.25) is 10.0 Å². The van der Waals surface area contributed by atoms with E-state index in [1.807, 2.05) is 0 Å². The Morgan fingerprint density at radius 1 is 0.929 bits per heavy atom. The summed E-state index contributed by atoms with van der Waals surface area (Å²) in [5, 5.41) is 0. The van der Waals surface area contributed by atoms with Gasteiger partial charge in [-0.15, -0.1) is 0 Å². The van der Waals surface area contributed by atoms with Gasteiger partial charge in [-0.25, -0.2) is 17.5 Å². The molecule has 0 spiro atoms. The van der Waals surface area contributed by atoms with Crippen molar-refractivity contribution in [1.82, 2.24) is 9.29 Å². The van der Waals surface area contributed by atoms with Crippen molar-refractivity contribution >= 4 is 10.0 Å². The number of hydrogen-bond acceptors (Lipinski definition) is 2. The molecule has 2 aromatic carbocycles. The van der Waals surface area contributed by atoms with Gasteiger partial charge >= 0.3 is 6.18 Å². The molecule has 0 bridgehead atoms. The molecule has 3 rings (SSSR count). The van der Waals surface area contributed by atoms with Crippen molar-refractivity contribution in [2.45, 2.75) is 24.2 Å². The van der Waals surface area contributed by atoms with Crippen LogP contribution in [0.15, 0.2) is 71.8 Å². The minimum Gasteiger partial charge on any atom is -0.346 e. The fraction of sp³-hybridized carbons (Fsp3) is 0.158. The summed E-state index contributed by atoms with van der Waals surface area (Å²) in [5.41, 5.74) is -0.342. The third-order valence-electron chi connectivity index (χ3n) is 4.15. The summed E-state index contributed by atoms with van der Waals surface area (Å²) in [5.74, 6) is -0.401. The third-order valence-corrected chi connectivity index (χ3v) is 5.61. The van der Waals surface area contributed by atoms with Gasteiger partial charge in [0.05, 0.1) is 23.5 Å². The van der Waals surface area contributed by atoms with Crippen LogP contribution in [0, 0.1) is 5.82 Å². The van der Waals surface area contributed by atoms with Crippen LogP contribution in [-0.2, 0) is 29.3 Å². The van der Waals surface area contributed by atoms with Gasteiger partial charge in [-0.1, -0.05) is 30.3 Å². The van der Waals surface area contributed by atoms with Crippen molar-refractivity contribution in [1.29, 1.82) is 0 Å². The molecule has 0 amide bonds. The number of benzene rings is 2. The number of nitrogens with zero attached hydrogens (tertiary/aromatic N) is 1. The molecule has 148 valence electrons. The molecule has 0 aliphatic heterocycles. The molecule has 0 aliphatic rings. The number of aromatic nitrogens is 1. The number of alkyl halides is 3. The molecule has 1 aromatic heterocycles. The van der Waals surface area contributed by atoms with Crippen LogP contribution in [-0.4, -0.2) is 13.0 Å². The molecule has 4 nitrogen and oxygen atoms in total. The second-order valence-corrected chi connectivity index (χ2v) is 7.77. The zero-order chi connectivity index (χ0) is 20.4. The van der Waals surface area contributed by atoms with Crippen LogP contribution in [0.1, 0.15) is 16.8 Å². The number of halogens is 4. The lowest BCUT2D eigenvalue weighted by Gasteiger charge is -2.15. The Morgan fingerprint density at radius 3 is 2.32 bits per heavy atom. The molecule has 0 unspecified atom stereocenters. The van der Waals surface area contributed by atoms with Crippen LogP contribution >= 0.6 is 0 Å². The highest BCUT2D eigenvalue weighted by Gasteiger charge is 2.36. The van der Waals surface area contributed by atoms with Gasteiger partial charge in [0.25, 0.3) is 0 Å². The predicted octanol–water partition coefficient (Wildman–Crippen LogP) is 4.17. The highest BCUT2D eigenvalue weighted by Crippen LogP contribution is 2.33. The van der Waals surface area contributed by atoms with Crippen LogP contribution in [0.5, 0.6) is 0 Å². The maximum Gasteiger partial charge on any atom is 0.417 e. The molecule has 9 heteroatoms. The van der Waals surface area contributed by atoms with Gasteiger partial charge < -0.3 is 4.57 Å². The summed E-state index contributed by atoms with van der Waals surface area (Å²) in [7, 11) is -4.41. The van der Waals surface area contributed by atoms with Crippen LogP contribution < -0.4 is 4.72 Å². The van der Waals surface area contributed by atoms with Crippen molar-refractivity contribution in [3.63, 3.8) is 0 Å². The topological polar surface area (TPSA) is 51.1 Å². The minimum absolute atomic E-state index is 0.163. The highest BCUT2D eigenvalue weighted by atomic mass is 32.2. The Bertz CT molecular complexity index is 1080. The summed E-state index contributed by atoms with van der Waals surface area (Å²) < 4.78 is 81.8. The molecule has 0 aliphatic carbocycles. The van der Waals surface area contributed by atoms with E-state index in [1.165, 1.54) is 12.1 Å². The predicted molar refractivity (Wildman–Crippen MR) is 95.4 cm³/mol. The minimum atomic E-state index is -4.80. The fourth-order valence-electron chi connectivity index (χ4n) is 2.76. The van der Waals surface area contributed by atoms with E-state index < -0.39 is 32.5 Å². The molecule has 0 saturated carbocycles. The molecule has 0 atom stereocenters. The van der Waals surface area contributed by atoms with Crippen LogP contribution in [0.3, 0.4) is 0 Å². The van der Waals surface area contributed by atoms with E-state index in [1.54, 1.807) is 41.1 Å². The molecule has 0 saturated heterocycles. The van der Waals surface area contributed by atoms with Crippen molar-refractivity contribution in [3.05, 3.63) is 89.5 Å². The normalized spacial score (nSPS) is 12.3. The average molecular weight is 412 g/mol. The van der Waals surface area contributed by atoms with Gasteiger partial charge in [0, 0.05) is 17.5 Å². The van der Waals surface area contributed by atoms with E-state index in [0.29, 0.717) is 11.3 Å². The molecular weight excluding hydrogens is 396 g/mol. The zero-order valence-corrected chi connectivity index (χ0v) is 15.3. The Hall–Kier alpha value is -2.65. The van der Waals surface area contributed by atoms with E-state index in [4.69, 9.17) is 0 Å². The summed E-state index contributed by atoms with van der Waals surface area (Å²) >= 11 is 0. The first kappa shape index (κ1) is 20.1. The van der Waals surface area contributed by atoms with Crippen molar-refractivity contribution < 1.29 is 26.0 Å². The Balaban J connectivity index is 1.81. The van der Waals surface area contributed by atoms with Crippen LogP contribution in [0.2, 0.25) is 0 Å². The van der Waals surface area contributed by atoms with Crippen molar-refractivity contribution in [2.75, 3.05) is 0 Å². The fourth-order valence-corrected chi connectivity index (χ4v) is 3.98. The number of rotatable bonds is 6. The largest absolute Gasteiger partial charge is 0.417 e. The summed E-state index contributed by atoms with van der Waals surface area (Å²) in [6.07, 6.45) is -3.16. The van der Waals surface area contributed by atoms with Gasteiger partial charge in [-0.2, -0.15) is 13.2 Å². The summed E-state index contributed by atoms with van der Waals surface area (Å²) in [4.78, 5) is -0.838. The number of hydrogen-bond donors (Lipinski definition) is 1. The second-order valence-electron chi connectivity index (χ2n) is 6.04. The summed E-state index contributed by atoms with van der Waals surface area (Å²) in [6.45, 7) is -0.0775. The lowest BCUT2D eigenvalue weighted by atomic mass is 10.2. The molecule has 1 heterocycles. The van der Waals surface area contributed by atoms with Gasteiger partial charge in [-0.05, 0) is 30.3 Å². The first-order valence-electron chi connectivity index (χ1n) is 8.22. The summed E-state index contributed by atoms with van der Waals surface area (Å²) in [6, 6.07) is 13.4. The quantitative estimate of drug-likeness (QED) is 0.618. The maximum absolute atomic E-state index is 13.8. The standard InChI is InChI=1S/C19H16F4N2O2S/c20-17-9-3-1-6-14(17)13-25-11-5-7-15(25)12-24-28(26,27)18-10-4-2-8-16(18)19(21,22)23/h1-11,24H,12-13H2. The highest BCUT2D eigenvalue weighted by molar-refractivity contribution is 7.89. The SMILES string of the molecule is O=S(=O)(NCc1cccn1Cc1ccccc1F)c1ccccc1C(F)(F)F. The van der Waals surface area contributed by atoms with Gasteiger partial charge in [-0.3, -0.25) is 0 Å². The Labute approximate surface area is 159 Å². The van der Waals surface area contributed by atoms with E-state index in [-0.39, 0.29) is 13.1 Å². The molecule has 3 aromatic rings. The third kappa shape index (κ3) is 4.42. The molecule has 0 fully saturated rings. The lowest BCUT2D eigenvalue weighted by molar-refractivity contribution is -0.139. The van der Waals surface area contributed by atoms with Crippen molar-refractivity contribution in [3.8, 4) is 0 Å². The molecule has 0 radical (unpaired) electrons. The molecular formula is C19H16F4N2O2S. The van der Waals surface area contributed by atoms with Gasteiger partial charge in [0.15, 0.2) is 0 Å².